The number of hydrogen-bond acceptors (Lipinski definition) is 10. The lowest BCUT2D eigenvalue weighted by atomic mass is 10.1. The van der Waals surface area contributed by atoms with E-state index in [1.54, 1.807) is 30.3 Å². The van der Waals surface area contributed by atoms with Crippen LogP contribution >= 0.6 is 11.3 Å². The van der Waals surface area contributed by atoms with Gasteiger partial charge >= 0.3 is 11.2 Å². The molecule has 0 atom stereocenters. The van der Waals surface area contributed by atoms with Crippen LogP contribution in [0.1, 0.15) is 16.0 Å². The van der Waals surface area contributed by atoms with Gasteiger partial charge in [-0.3, -0.25) is 10.1 Å². The van der Waals surface area contributed by atoms with E-state index in [-0.39, 0.29) is 17.4 Å². The number of nitro groups is 1. The van der Waals surface area contributed by atoms with Crippen LogP contribution in [0.4, 0.5) is 9.80 Å². The quantitative estimate of drug-likeness (QED) is 0.115. The number of nitrogens with zero attached hydrogens (tertiary/aromatic N) is 1. The van der Waals surface area contributed by atoms with Gasteiger partial charge in [-0.25, -0.2) is 4.79 Å². The minimum absolute atomic E-state index is 0.0368. The molecule has 2 aromatic carbocycles. The van der Waals surface area contributed by atoms with Gasteiger partial charge in [0.1, 0.15) is 6.61 Å². The smallest absolute Gasteiger partial charge is 0.493 e. The predicted octanol–water partition coefficient (Wildman–Crippen LogP) is 5.58. The third-order valence-electron chi connectivity index (χ3n) is 4.70. The van der Waals surface area contributed by atoms with E-state index in [1.807, 2.05) is 12.2 Å². The molecule has 0 aliphatic heterocycles. The second-order valence-electron chi connectivity index (χ2n) is 6.84. The summed E-state index contributed by atoms with van der Waals surface area (Å²) >= 11 is 0.920. The van der Waals surface area contributed by atoms with Crippen molar-refractivity contribution in [2.24, 2.45) is 0 Å². The molecule has 10 nitrogen and oxygen atoms in total. The number of benzene rings is 2. The van der Waals surface area contributed by atoms with Crippen molar-refractivity contribution in [3.8, 4) is 28.7 Å². The van der Waals surface area contributed by atoms with Gasteiger partial charge in [-0.2, -0.15) is 0 Å². The maximum Gasteiger partial charge on any atom is 0.514 e. The van der Waals surface area contributed by atoms with Crippen molar-refractivity contribution in [3.05, 3.63) is 68.6 Å². The molecule has 0 saturated heterocycles. The van der Waals surface area contributed by atoms with Crippen molar-refractivity contribution >= 4 is 34.6 Å². The molecule has 35 heavy (non-hydrogen) atoms. The van der Waals surface area contributed by atoms with Gasteiger partial charge in [0.2, 0.25) is 5.75 Å². The van der Waals surface area contributed by atoms with Crippen LogP contribution in [0.2, 0.25) is 0 Å². The van der Waals surface area contributed by atoms with Gasteiger partial charge in [0.25, 0.3) is 0 Å². The standard InChI is InChI=1S/C24H23NO9S/c1-29-18-9-7-15(5-6-16-12-20(30-2)23(32-4)21(13-16)31-3)11-19(18)34-24(26)33-14-17-8-10-22(35-17)25(27)28/h5-13H,14H2,1-4H3. The van der Waals surface area contributed by atoms with Gasteiger partial charge in [0.15, 0.2) is 23.0 Å². The van der Waals surface area contributed by atoms with Crippen molar-refractivity contribution in [2.75, 3.05) is 28.4 Å². The van der Waals surface area contributed by atoms with Gasteiger partial charge in [-0.05, 0) is 41.5 Å². The normalized spacial score (nSPS) is 10.6. The Morgan fingerprint density at radius 3 is 2.06 bits per heavy atom. The maximum atomic E-state index is 12.2. The first kappa shape index (κ1) is 25.4. The van der Waals surface area contributed by atoms with E-state index >= 15 is 0 Å². The molecule has 0 amide bonds. The second kappa shape index (κ2) is 11.7. The summed E-state index contributed by atoms with van der Waals surface area (Å²) in [6, 6.07) is 11.5. The molecule has 0 aliphatic carbocycles. The van der Waals surface area contributed by atoms with Crippen molar-refractivity contribution < 1.29 is 38.1 Å². The Morgan fingerprint density at radius 2 is 1.49 bits per heavy atom. The van der Waals surface area contributed by atoms with Crippen LogP contribution in [0.25, 0.3) is 12.2 Å². The summed E-state index contributed by atoms with van der Waals surface area (Å²) in [5.41, 5.74) is 1.51. The topological polar surface area (TPSA) is 116 Å². The first-order valence-electron chi connectivity index (χ1n) is 10.1. The fraction of sp³-hybridized carbons (Fsp3) is 0.208. The summed E-state index contributed by atoms with van der Waals surface area (Å²) < 4.78 is 31.7. The third kappa shape index (κ3) is 6.42. The van der Waals surface area contributed by atoms with E-state index in [0.717, 1.165) is 22.5 Å². The molecule has 0 radical (unpaired) electrons. The highest BCUT2D eigenvalue weighted by Gasteiger charge is 2.15. The maximum absolute atomic E-state index is 12.2. The summed E-state index contributed by atoms with van der Waals surface area (Å²) in [5, 5.41) is 10.7. The zero-order chi connectivity index (χ0) is 25.4. The van der Waals surface area contributed by atoms with Gasteiger partial charge in [-0.15, -0.1) is 0 Å². The lowest BCUT2D eigenvalue weighted by Gasteiger charge is -2.13. The highest BCUT2D eigenvalue weighted by molar-refractivity contribution is 7.15. The monoisotopic (exact) mass is 501 g/mol. The molecule has 0 spiro atoms. The molecule has 3 rings (SSSR count). The van der Waals surface area contributed by atoms with Crippen molar-refractivity contribution in [3.63, 3.8) is 0 Å². The third-order valence-corrected chi connectivity index (χ3v) is 5.71. The van der Waals surface area contributed by atoms with Crippen LogP contribution in [-0.4, -0.2) is 39.5 Å². The van der Waals surface area contributed by atoms with Crippen LogP contribution in [-0.2, 0) is 11.3 Å². The Bertz CT molecular complexity index is 1210. The fourth-order valence-electron chi connectivity index (χ4n) is 3.06. The molecule has 11 heteroatoms. The lowest BCUT2D eigenvalue weighted by Crippen LogP contribution is -2.10. The number of carbonyl (C=O) groups excluding carboxylic acids is 1. The number of rotatable bonds is 10. The summed E-state index contributed by atoms with van der Waals surface area (Å²) in [6.45, 7) is -0.152. The number of hydrogen-bond donors (Lipinski definition) is 0. The van der Waals surface area contributed by atoms with E-state index in [4.69, 9.17) is 28.4 Å². The summed E-state index contributed by atoms with van der Waals surface area (Å²) in [7, 11) is 6.06. The average Bonchev–Trinajstić information content (AvgIpc) is 3.35. The highest BCUT2D eigenvalue weighted by atomic mass is 32.1. The largest absolute Gasteiger partial charge is 0.514 e. The van der Waals surface area contributed by atoms with Crippen LogP contribution in [0.15, 0.2) is 42.5 Å². The SMILES string of the molecule is COc1ccc(C=Cc2cc(OC)c(OC)c(OC)c2)cc1OC(=O)OCc1ccc([N+](=O)[O-])s1. The molecule has 184 valence electrons. The van der Waals surface area contributed by atoms with Gasteiger partial charge in [0.05, 0.1) is 33.4 Å². The van der Waals surface area contributed by atoms with Crippen molar-refractivity contribution in [1.29, 1.82) is 0 Å². The first-order chi connectivity index (χ1) is 16.9. The first-order valence-corrected chi connectivity index (χ1v) is 10.9. The number of carbonyl (C=O) groups is 1. The lowest BCUT2D eigenvalue weighted by molar-refractivity contribution is -0.380. The summed E-state index contributed by atoms with van der Waals surface area (Å²) in [4.78, 5) is 23.0. The van der Waals surface area contributed by atoms with E-state index in [0.29, 0.717) is 27.9 Å². The predicted molar refractivity (Wildman–Crippen MR) is 130 cm³/mol. The molecule has 3 aromatic rings. The molecule has 0 N–H and O–H groups in total. The molecular formula is C24H23NO9S. The number of methoxy groups -OCH3 is 4. The Morgan fingerprint density at radius 1 is 0.857 bits per heavy atom. The second-order valence-corrected chi connectivity index (χ2v) is 7.99. The summed E-state index contributed by atoms with van der Waals surface area (Å²) in [5.74, 6) is 2.01. The van der Waals surface area contributed by atoms with E-state index < -0.39 is 11.1 Å². The molecular weight excluding hydrogens is 478 g/mol. The van der Waals surface area contributed by atoms with E-state index in [2.05, 4.69) is 0 Å². The van der Waals surface area contributed by atoms with E-state index in [1.165, 1.54) is 40.6 Å². The molecule has 0 bridgehead atoms. The van der Waals surface area contributed by atoms with Crippen molar-refractivity contribution in [1.82, 2.24) is 0 Å². The molecule has 1 heterocycles. The molecule has 0 unspecified atom stereocenters. The van der Waals surface area contributed by atoms with Gasteiger partial charge < -0.3 is 28.4 Å². The van der Waals surface area contributed by atoms with Crippen LogP contribution in [0.3, 0.4) is 0 Å². The van der Waals surface area contributed by atoms with Crippen LogP contribution in [0.5, 0.6) is 28.7 Å². The van der Waals surface area contributed by atoms with Crippen LogP contribution in [0, 0.1) is 10.1 Å². The molecule has 0 saturated carbocycles. The zero-order valence-corrected chi connectivity index (χ0v) is 20.2. The minimum Gasteiger partial charge on any atom is -0.493 e. The van der Waals surface area contributed by atoms with Crippen LogP contribution < -0.4 is 23.7 Å². The fourth-order valence-corrected chi connectivity index (χ4v) is 3.79. The average molecular weight is 502 g/mol. The minimum atomic E-state index is -0.967. The molecule has 0 fully saturated rings. The Kier molecular flexibility index (Phi) is 8.52. The number of thiophene rings is 1. The molecule has 1 aromatic heterocycles. The van der Waals surface area contributed by atoms with Gasteiger partial charge in [-0.1, -0.05) is 29.6 Å². The Labute approximate surface area is 205 Å². The van der Waals surface area contributed by atoms with Crippen molar-refractivity contribution in [2.45, 2.75) is 6.61 Å². The summed E-state index contributed by atoms with van der Waals surface area (Å²) in [6.07, 6.45) is 2.67. The Balaban J connectivity index is 1.74. The zero-order valence-electron chi connectivity index (χ0n) is 19.4. The molecule has 0 aliphatic rings. The highest BCUT2D eigenvalue weighted by Crippen LogP contribution is 2.39. The number of ether oxygens (including phenoxy) is 6. The van der Waals surface area contributed by atoms with Gasteiger partial charge in [0, 0.05) is 10.9 Å². The van der Waals surface area contributed by atoms with E-state index in [9.17, 15) is 14.9 Å². The Hall–Kier alpha value is -4.25.